The normalized spacial score (nSPS) is 16.6. The zero-order valence-electron chi connectivity index (χ0n) is 18.6. The fraction of sp³-hybridized carbons (Fsp3) is 0.320. The zero-order valence-corrected chi connectivity index (χ0v) is 18.6. The number of hydrogen-bond donors (Lipinski definition) is 1. The summed E-state index contributed by atoms with van der Waals surface area (Å²) in [4.78, 5) is 42.0. The average Bonchev–Trinajstić information content (AvgIpc) is 3.04. The van der Waals surface area contributed by atoms with E-state index in [0.717, 1.165) is 37.9 Å². The van der Waals surface area contributed by atoms with Crippen LogP contribution in [0.4, 0.5) is 11.4 Å². The van der Waals surface area contributed by atoms with Gasteiger partial charge in [-0.15, -0.1) is 0 Å². The predicted octanol–water partition coefficient (Wildman–Crippen LogP) is 3.73. The van der Waals surface area contributed by atoms with Gasteiger partial charge >= 0.3 is 0 Å². The Kier molecular flexibility index (Phi) is 5.99. The van der Waals surface area contributed by atoms with Crippen molar-refractivity contribution in [1.82, 2.24) is 4.90 Å². The molecule has 0 bridgehead atoms. The van der Waals surface area contributed by atoms with E-state index in [2.05, 4.69) is 5.32 Å². The maximum Gasteiger partial charge on any atom is 0.282 e. The summed E-state index contributed by atoms with van der Waals surface area (Å²) in [5.74, 6) is -0.401. The van der Waals surface area contributed by atoms with Crippen molar-refractivity contribution in [3.63, 3.8) is 0 Å². The van der Waals surface area contributed by atoms with Crippen molar-refractivity contribution in [3.05, 3.63) is 59.3 Å². The van der Waals surface area contributed by atoms with Gasteiger partial charge in [0, 0.05) is 25.7 Å². The summed E-state index contributed by atoms with van der Waals surface area (Å²) >= 11 is 0. The number of benzene rings is 2. The smallest absolute Gasteiger partial charge is 0.282 e. The number of hydrogen-bond acceptors (Lipinski definition) is 5. The van der Waals surface area contributed by atoms with Crippen LogP contribution in [0.2, 0.25) is 0 Å². The van der Waals surface area contributed by atoms with Gasteiger partial charge in [0.2, 0.25) is 5.91 Å². The molecular formula is C25H27N3O4. The molecule has 2 aromatic carbocycles. The number of methoxy groups -OCH3 is 1. The maximum absolute atomic E-state index is 13.7. The van der Waals surface area contributed by atoms with Crippen molar-refractivity contribution in [1.29, 1.82) is 0 Å². The molecular weight excluding hydrogens is 406 g/mol. The van der Waals surface area contributed by atoms with E-state index in [1.54, 1.807) is 36.4 Å². The van der Waals surface area contributed by atoms with Crippen molar-refractivity contribution >= 4 is 34.7 Å². The number of nitrogens with zero attached hydrogens (tertiary/aromatic N) is 2. The van der Waals surface area contributed by atoms with Crippen LogP contribution in [0.15, 0.2) is 48.2 Å². The average molecular weight is 434 g/mol. The number of ether oxygens (including phenoxy) is 1. The molecule has 0 radical (unpaired) electrons. The van der Waals surface area contributed by atoms with Crippen molar-refractivity contribution in [3.8, 4) is 5.75 Å². The number of anilines is 2. The minimum Gasteiger partial charge on any atom is -0.495 e. The van der Waals surface area contributed by atoms with Crippen LogP contribution in [0.3, 0.4) is 0 Å². The fourth-order valence-corrected chi connectivity index (χ4v) is 4.31. The molecule has 4 rings (SSSR count). The third-order valence-corrected chi connectivity index (χ3v) is 5.80. The van der Waals surface area contributed by atoms with Crippen molar-refractivity contribution in [2.24, 2.45) is 0 Å². The Morgan fingerprint density at radius 1 is 0.969 bits per heavy atom. The molecule has 2 heterocycles. The van der Waals surface area contributed by atoms with Crippen molar-refractivity contribution in [2.75, 3.05) is 30.4 Å². The number of carbonyl (C=O) groups is 3. The number of likely N-dealkylation sites (tertiary alicyclic amines) is 1. The van der Waals surface area contributed by atoms with Gasteiger partial charge in [-0.05, 0) is 61.6 Å². The highest BCUT2D eigenvalue weighted by atomic mass is 16.5. The van der Waals surface area contributed by atoms with Gasteiger partial charge in [0.05, 0.1) is 18.4 Å². The van der Waals surface area contributed by atoms with Gasteiger partial charge in [-0.3, -0.25) is 14.4 Å². The number of nitrogens with one attached hydrogen (secondary N) is 1. The van der Waals surface area contributed by atoms with E-state index >= 15 is 0 Å². The molecule has 1 fully saturated rings. The number of carbonyl (C=O) groups excluding carboxylic acids is 3. The van der Waals surface area contributed by atoms with Crippen LogP contribution < -0.4 is 15.0 Å². The highest BCUT2D eigenvalue weighted by molar-refractivity contribution is 6.45. The predicted molar refractivity (Wildman–Crippen MR) is 123 cm³/mol. The van der Waals surface area contributed by atoms with Crippen LogP contribution in [-0.2, 0) is 14.4 Å². The third kappa shape index (κ3) is 3.98. The van der Waals surface area contributed by atoms with E-state index < -0.39 is 0 Å². The second-order valence-corrected chi connectivity index (χ2v) is 8.15. The summed E-state index contributed by atoms with van der Waals surface area (Å²) < 4.78 is 5.47. The van der Waals surface area contributed by atoms with Gasteiger partial charge in [0.1, 0.15) is 11.4 Å². The first kappa shape index (κ1) is 21.6. The minimum absolute atomic E-state index is 0.171. The number of amides is 3. The molecule has 0 saturated carbocycles. The van der Waals surface area contributed by atoms with Gasteiger partial charge in [0.15, 0.2) is 0 Å². The van der Waals surface area contributed by atoms with Crippen molar-refractivity contribution in [2.45, 2.75) is 33.1 Å². The van der Waals surface area contributed by atoms with E-state index in [-0.39, 0.29) is 17.7 Å². The van der Waals surface area contributed by atoms with E-state index in [9.17, 15) is 14.4 Å². The lowest BCUT2D eigenvalue weighted by molar-refractivity contribution is -0.121. The van der Waals surface area contributed by atoms with E-state index in [1.165, 1.54) is 18.9 Å². The Labute approximate surface area is 187 Å². The first-order valence-corrected chi connectivity index (χ1v) is 10.8. The highest BCUT2D eigenvalue weighted by Crippen LogP contribution is 2.39. The van der Waals surface area contributed by atoms with Crippen LogP contribution in [0.25, 0.3) is 5.57 Å². The summed E-state index contributed by atoms with van der Waals surface area (Å²) in [6, 6.07) is 12.5. The monoisotopic (exact) mass is 433 g/mol. The molecule has 32 heavy (non-hydrogen) atoms. The molecule has 2 aliphatic rings. The molecule has 1 saturated heterocycles. The number of aryl methyl sites for hydroxylation is 1. The lowest BCUT2D eigenvalue weighted by Crippen LogP contribution is -2.37. The van der Waals surface area contributed by atoms with Crippen LogP contribution in [0.5, 0.6) is 5.75 Å². The second kappa shape index (κ2) is 8.86. The SMILES string of the molecule is COc1ccc(C)cc1N1C(=O)C(c2ccc(NC(C)=O)cc2)=C(N2CCCCC2)C1=O. The Hall–Kier alpha value is -3.61. The van der Waals surface area contributed by atoms with Crippen LogP contribution >= 0.6 is 0 Å². The van der Waals surface area contributed by atoms with Gasteiger partial charge in [-0.25, -0.2) is 4.90 Å². The number of rotatable bonds is 5. The molecule has 7 heteroatoms. The zero-order chi connectivity index (χ0) is 22.8. The first-order chi connectivity index (χ1) is 15.4. The summed E-state index contributed by atoms with van der Waals surface area (Å²) in [7, 11) is 1.53. The molecule has 0 spiro atoms. The molecule has 3 amide bonds. The Balaban J connectivity index is 1.81. The van der Waals surface area contributed by atoms with Gasteiger partial charge in [0.25, 0.3) is 11.8 Å². The van der Waals surface area contributed by atoms with E-state index in [1.807, 2.05) is 17.9 Å². The topological polar surface area (TPSA) is 79.0 Å². The van der Waals surface area contributed by atoms with Gasteiger partial charge in [-0.2, -0.15) is 0 Å². The van der Waals surface area contributed by atoms with E-state index in [4.69, 9.17) is 4.74 Å². The first-order valence-electron chi connectivity index (χ1n) is 10.8. The lowest BCUT2D eigenvalue weighted by Gasteiger charge is -2.29. The summed E-state index contributed by atoms with van der Waals surface area (Å²) in [6.07, 6.45) is 3.07. The number of piperidine rings is 1. The van der Waals surface area contributed by atoms with Gasteiger partial charge < -0.3 is 15.0 Å². The largest absolute Gasteiger partial charge is 0.495 e. The summed E-state index contributed by atoms with van der Waals surface area (Å²) in [5.41, 5.74) is 3.47. The van der Waals surface area contributed by atoms with Gasteiger partial charge in [-0.1, -0.05) is 18.2 Å². The van der Waals surface area contributed by atoms with Crippen LogP contribution in [0, 0.1) is 6.92 Å². The number of imide groups is 1. The Bertz CT molecular complexity index is 1100. The highest BCUT2D eigenvalue weighted by Gasteiger charge is 2.43. The molecule has 0 atom stereocenters. The molecule has 166 valence electrons. The van der Waals surface area contributed by atoms with Crippen LogP contribution in [0.1, 0.15) is 37.3 Å². The van der Waals surface area contributed by atoms with Crippen molar-refractivity contribution < 1.29 is 19.1 Å². The third-order valence-electron chi connectivity index (χ3n) is 5.80. The minimum atomic E-state index is -0.369. The maximum atomic E-state index is 13.7. The fourth-order valence-electron chi connectivity index (χ4n) is 4.31. The molecule has 0 aliphatic carbocycles. The summed E-state index contributed by atoms with van der Waals surface area (Å²) in [6.45, 7) is 4.83. The molecule has 2 aromatic rings. The quantitative estimate of drug-likeness (QED) is 0.727. The molecule has 0 unspecified atom stereocenters. The molecule has 1 N–H and O–H groups in total. The Morgan fingerprint density at radius 2 is 1.66 bits per heavy atom. The molecule has 7 nitrogen and oxygen atoms in total. The Morgan fingerprint density at radius 3 is 2.28 bits per heavy atom. The van der Waals surface area contributed by atoms with Crippen LogP contribution in [-0.4, -0.2) is 42.8 Å². The van der Waals surface area contributed by atoms with E-state index in [0.29, 0.717) is 34.0 Å². The standard InChI is InChI=1S/C25H27N3O4/c1-16-7-12-21(32-3)20(15-16)28-24(30)22(18-8-10-19(11-9-18)26-17(2)29)23(25(28)31)27-13-5-4-6-14-27/h7-12,15H,4-6,13-14H2,1-3H3,(H,26,29). The second-order valence-electron chi connectivity index (χ2n) is 8.15. The lowest BCUT2D eigenvalue weighted by atomic mass is 10.0. The molecule has 0 aromatic heterocycles. The molecule has 2 aliphatic heterocycles. The summed E-state index contributed by atoms with van der Waals surface area (Å²) in [5, 5.41) is 2.73.